The van der Waals surface area contributed by atoms with Crippen LogP contribution in [0.15, 0.2) is 35.6 Å². The molecule has 2 aromatic heterocycles. The van der Waals surface area contributed by atoms with E-state index in [4.69, 9.17) is 5.11 Å². The molecule has 0 aliphatic rings. The van der Waals surface area contributed by atoms with Crippen molar-refractivity contribution in [1.29, 1.82) is 0 Å². The van der Waals surface area contributed by atoms with E-state index in [0.29, 0.717) is 5.16 Å². The van der Waals surface area contributed by atoms with Crippen LogP contribution in [0.3, 0.4) is 0 Å². The van der Waals surface area contributed by atoms with Crippen molar-refractivity contribution in [3.63, 3.8) is 0 Å². The minimum atomic E-state index is -0.861. The maximum Gasteiger partial charge on any atom is 0.313 e. The molecule has 0 bridgehead atoms. The van der Waals surface area contributed by atoms with Crippen LogP contribution < -0.4 is 5.01 Å². The molecule has 108 valence electrons. The molecule has 3 rings (SSSR count). The van der Waals surface area contributed by atoms with Gasteiger partial charge in [0.1, 0.15) is 11.0 Å². The van der Waals surface area contributed by atoms with Crippen LogP contribution in [0, 0.1) is 0 Å². The van der Waals surface area contributed by atoms with Crippen LogP contribution in [0.2, 0.25) is 0 Å². The lowest BCUT2D eigenvalue weighted by Gasteiger charge is -2.18. The smallest absolute Gasteiger partial charge is 0.313 e. The second-order valence-corrected chi connectivity index (χ2v) is 5.69. The van der Waals surface area contributed by atoms with Gasteiger partial charge >= 0.3 is 5.97 Å². The van der Waals surface area contributed by atoms with Crippen molar-refractivity contribution in [3.8, 4) is 0 Å². The molecule has 2 heterocycles. The molecule has 3 aromatic rings. The molecule has 21 heavy (non-hydrogen) atoms. The van der Waals surface area contributed by atoms with Crippen LogP contribution in [0.4, 0.5) is 0 Å². The zero-order valence-electron chi connectivity index (χ0n) is 11.6. The molecule has 1 N–H and O–H groups in total. The molecule has 0 saturated carbocycles. The van der Waals surface area contributed by atoms with Crippen LogP contribution in [0.5, 0.6) is 0 Å². The Morgan fingerprint density at radius 1 is 1.33 bits per heavy atom. The lowest BCUT2D eigenvalue weighted by molar-refractivity contribution is -0.133. The molecule has 0 amide bonds. The highest BCUT2D eigenvalue weighted by Crippen LogP contribution is 2.28. The van der Waals surface area contributed by atoms with Gasteiger partial charge in [0, 0.05) is 19.5 Å². The van der Waals surface area contributed by atoms with Gasteiger partial charge in [0.05, 0.1) is 17.5 Å². The zero-order valence-corrected chi connectivity index (χ0v) is 12.5. The van der Waals surface area contributed by atoms with Gasteiger partial charge < -0.3 is 10.1 Å². The van der Waals surface area contributed by atoms with Gasteiger partial charge in [-0.25, -0.2) is 9.66 Å². The van der Waals surface area contributed by atoms with Gasteiger partial charge in [0.25, 0.3) is 0 Å². The number of imidazole rings is 1. The Labute approximate surface area is 125 Å². The number of thioether (sulfide) groups is 1. The summed E-state index contributed by atoms with van der Waals surface area (Å²) in [6.45, 7) is 0. The van der Waals surface area contributed by atoms with E-state index in [2.05, 4.69) is 9.97 Å². The van der Waals surface area contributed by atoms with Gasteiger partial charge in [-0.15, -0.1) is 0 Å². The number of hydrogen-bond donors (Lipinski definition) is 1. The van der Waals surface area contributed by atoms with Crippen LogP contribution in [-0.4, -0.2) is 45.6 Å². The first-order valence-corrected chi connectivity index (χ1v) is 7.35. The number of aliphatic carboxylic acids is 1. The maximum absolute atomic E-state index is 10.8. The topological polar surface area (TPSA) is 71.2 Å². The summed E-state index contributed by atoms with van der Waals surface area (Å²) in [5.41, 5.74) is 2.59. The van der Waals surface area contributed by atoms with E-state index in [9.17, 15) is 4.79 Å². The molecule has 0 aliphatic carbocycles. The lowest BCUT2D eigenvalue weighted by atomic mass is 10.2. The minimum Gasteiger partial charge on any atom is -0.481 e. The number of rotatable bonds is 4. The molecule has 0 unspecified atom stereocenters. The van der Waals surface area contributed by atoms with Crippen molar-refractivity contribution in [3.05, 3.63) is 30.5 Å². The van der Waals surface area contributed by atoms with Gasteiger partial charge in [-0.1, -0.05) is 30.0 Å². The summed E-state index contributed by atoms with van der Waals surface area (Å²) in [4.78, 5) is 19.7. The number of hydrogen-bond acceptors (Lipinski definition) is 5. The largest absolute Gasteiger partial charge is 0.481 e. The lowest BCUT2D eigenvalue weighted by Crippen LogP contribution is -2.25. The summed E-state index contributed by atoms with van der Waals surface area (Å²) in [5, 5.41) is 12.4. The fourth-order valence-electron chi connectivity index (χ4n) is 2.26. The van der Waals surface area contributed by atoms with Crippen LogP contribution >= 0.6 is 11.8 Å². The first-order valence-electron chi connectivity index (χ1n) is 6.36. The van der Waals surface area contributed by atoms with Gasteiger partial charge in [0.2, 0.25) is 0 Å². The maximum atomic E-state index is 10.8. The summed E-state index contributed by atoms with van der Waals surface area (Å²) >= 11 is 1.20. The molecular formula is C14H14N4O2S. The molecule has 7 heteroatoms. The summed E-state index contributed by atoms with van der Waals surface area (Å²) in [5.74, 6) is -0.886. The third kappa shape index (κ3) is 2.40. The SMILES string of the molecule is CN(C)n1c(SCC(=O)O)nc2cnc3ccccc3c21. The fourth-order valence-corrected chi connectivity index (χ4v) is 3.05. The van der Waals surface area contributed by atoms with Crippen molar-refractivity contribution in [2.75, 3.05) is 24.9 Å². The average molecular weight is 302 g/mol. The molecule has 0 aliphatic heterocycles. The Bertz CT molecular complexity index is 828. The Hall–Kier alpha value is -2.28. The first kappa shape index (κ1) is 13.7. The molecule has 0 radical (unpaired) electrons. The first-order chi connectivity index (χ1) is 10.1. The molecule has 1 aromatic carbocycles. The molecule has 0 atom stereocenters. The number of benzene rings is 1. The van der Waals surface area contributed by atoms with Crippen LogP contribution in [0.25, 0.3) is 21.9 Å². The fraction of sp³-hybridized carbons (Fsp3) is 0.214. The zero-order chi connectivity index (χ0) is 15.0. The number of carbonyl (C=O) groups is 1. The summed E-state index contributed by atoms with van der Waals surface area (Å²) in [6, 6.07) is 7.85. The number of carboxylic acid groups (broad SMARTS) is 1. The van der Waals surface area contributed by atoms with E-state index in [1.165, 1.54) is 11.8 Å². The molecule has 0 fully saturated rings. The van der Waals surface area contributed by atoms with E-state index in [-0.39, 0.29) is 5.75 Å². The number of carboxylic acids is 1. The Kier molecular flexibility index (Phi) is 3.42. The van der Waals surface area contributed by atoms with Gasteiger partial charge in [-0.2, -0.15) is 0 Å². The second kappa shape index (κ2) is 5.25. The third-order valence-corrected chi connectivity index (χ3v) is 3.98. The Balaban J connectivity index is 2.27. The Morgan fingerprint density at radius 2 is 2.10 bits per heavy atom. The van der Waals surface area contributed by atoms with Gasteiger partial charge in [-0.05, 0) is 6.07 Å². The second-order valence-electron chi connectivity index (χ2n) is 4.75. The third-order valence-electron chi connectivity index (χ3n) is 3.06. The van der Waals surface area contributed by atoms with Crippen molar-refractivity contribution in [1.82, 2.24) is 14.6 Å². The van der Waals surface area contributed by atoms with Gasteiger partial charge in [0.15, 0.2) is 5.16 Å². The van der Waals surface area contributed by atoms with Crippen molar-refractivity contribution < 1.29 is 9.90 Å². The van der Waals surface area contributed by atoms with Crippen LogP contribution in [-0.2, 0) is 4.79 Å². The highest BCUT2D eigenvalue weighted by atomic mass is 32.2. The monoisotopic (exact) mass is 302 g/mol. The number of nitrogens with zero attached hydrogens (tertiary/aromatic N) is 4. The van der Waals surface area contributed by atoms with E-state index in [1.807, 2.05) is 48.0 Å². The quantitative estimate of drug-likeness (QED) is 0.743. The molecule has 6 nitrogen and oxygen atoms in total. The molecular weight excluding hydrogens is 288 g/mol. The van der Waals surface area contributed by atoms with E-state index >= 15 is 0 Å². The number of fused-ring (bicyclic) bond motifs is 3. The molecule has 0 saturated heterocycles. The molecule has 0 spiro atoms. The van der Waals surface area contributed by atoms with Crippen molar-refractivity contribution >= 4 is 39.7 Å². The van der Waals surface area contributed by atoms with Crippen molar-refractivity contribution in [2.24, 2.45) is 0 Å². The van der Waals surface area contributed by atoms with Crippen LogP contribution in [0.1, 0.15) is 0 Å². The number of para-hydroxylation sites is 1. The highest BCUT2D eigenvalue weighted by molar-refractivity contribution is 7.99. The normalized spacial score (nSPS) is 11.1. The predicted octanol–water partition coefficient (Wildman–Crippen LogP) is 1.96. The van der Waals surface area contributed by atoms with E-state index < -0.39 is 5.97 Å². The Morgan fingerprint density at radius 3 is 2.81 bits per heavy atom. The van der Waals surface area contributed by atoms with E-state index in [1.54, 1.807) is 6.20 Å². The van der Waals surface area contributed by atoms with Gasteiger partial charge in [-0.3, -0.25) is 9.78 Å². The van der Waals surface area contributed by atoms with E-state index in [0.717, 1.165) is 21.9 Å². The van der Waals surface area contributed by atoms with Crippen molar-refractivity contribution in [2.45, 2.75) is 5.16 Å². The standard InChI is InChI=1S/C14H14N4O2S/c1-17(2)18-13-9-5-3-4-6-10(9)15-7-11(13)16-14(18)21-8-12(19)20/h3-7H,8H2,1-2H3,(H,19,20). The minimum absolute atomic E-state index is 0.0253. The summed E-state index contributed by atoms with van der Waals surface area (Å²) in [7, 11) is 3.81. The summed E-state index contributed by atoms with van der Waals surface area (Å²) < 4.78 is 1.92. The number of aromatic nitrogens is 3. The average Bonchev–Trinajstić information content (AvgIpc) is 2.84. The predicted molar refractivity (Wildman–Crippen MR) is 83.5 cm³/mol. The number of pyridine rings is 1. The highest BCUT2D eigenvalue weighted by Gasteiger charge is 2.16. The summed E-state index contributed by atoms with van der Waals surface area (Å²) in [6.07, 6.45) is 1.72.